The summed E-state index contributed by atoms with van der Waals surface area (Å²) in [7, 11) is 0. The van der Waals surface area contributed by atoms with E-state index in [2.05, 4.69) is 57.0 Å². The average Bonchev–Trinajstić information content (AvgIpc) is 2.34. The van der Waals surface area contributed by atoms with Gasteiger partial charge in [-0.3, -0.25) is 0 Å². The highest BCUT2D eigenvalue weighted by molar-refractivity contribution is 5.42. The normalized spacial score (nSPS) is 15.9. The van der Waals surface area contributed by atoms with E-state index in [-0.39, 0.29) is 5.54 Å². The monoisotopic (exact) mass is 289 g/mol. The fourth-order valence-electron chi connectivity index (χ4n) is 2.72. The Hall–Kier alpha value is -1.09. The molecule has 118 valence electrons. The van der Waals surface area contributed by atoms with E-state index in [0.717, 1.165) is 30.5 Å². The molecule has 0 aromatic carbocycles. The summed E-state index contributed by atoms with van der Waals surface area (Å²) in [6.07, 6.45) is 4.19. The maximum atomic E-state index is 4.76. The van der Waals surface area contributed by atoms with Gasteiger partial charge in [0.2, 0.25) is 0 Å². The topological polar surface area (TPSA) is 28.2 Å². The highest BCUT2D eigenvalue weighted by atomic mass is 15.2. The molecule has 1 fully saturated rings. The Morgan fingerprint density at radius 3 is 2.52 bits per heavy atom. The Kier molecular flexibility index (Phi) is 5.26. The first-order chi connectivity index (χ1) is 9.87. The molecule has 1 aliphatic rings. The van der Waals surface area contributed by atoms with Crippen LogP contribution >= 0.6 is 0 Å². The van der Waals surface area contributed by atoms with Gasteiger partial charge < -0.3 is 10.2 Å². The van der Waals surface area contributed by atoms with Gasteiger partial charge in [0.15, 0.2) is 0 Å². The number of nitrogens with zero attached hydrogens (tertiary/aromatic N) is 2. The van der Waals surface area contributed by atoms with Crippen LogP contribution in [0, 0.1) is 12.8 Å². The standard InChI is InChI=1S/C18H31N3/c1-6-21(13-15-8-7-9-15)17-11-16(10-14(2)20-17)12-19-18(3,4)5/h10-11,15,19H,6-9,12-13H2,1-5H3. The van der Waals surface area contributed by atoms with Crippen LogP contribution in [-0.4, -0.2) is 23.6 Å². The third-order valence-corrected chi connectivity index (χ3v) is 4.23. The SMILES string of the molecule is CCN(CC1CCC1)c1cc(CNC(C)(C)C)cc(C)n1. The van der Waals surface area contributed by atoms with Crippen LogP contribution < -0.4 is 10.2 Å². The van der Waals surface area contributed by atoms with Gasteiger partial charge in [0, 0.05) is 30.9 Å². The molecule has 1 heterocycles. The zero-order valence-corrected chi connectivity index (χ0v) is 14.4. The number of nitrogens with one attached hydrogen (secondary N) is 1. The fourth-order valence-corrected chi connectivity index (χ4v) is 2.72. The van der Waals surface area contributed by atoms with Gasteiger partial charge in [-0.1, -0.05) is 6.42 Å². The van der Waals surface area contributed by atoms with Gasteiger partial charge >= 0.3 is 0 Å². The van der Waals surface area contributed by atoms with E-state index in [4.69, 9.17) is 4.98 Å². The molecule has 1 N–H and O–H groups in total. The Morgan fingerprint density at radius 2 is 2.00 bits per heavy atom. The van der Waals surface area contributed by atoms with Gasteiger partial charge in [-0.15, -0.1) is 0 Å². The van der Waals surface area contributed by atoms with Crippen LogP contribution in [0.5, 0.6) is 0 Å². The smallest absolute Gasteiger partial charge is 0.129 e. The fraction of sp³-hybridized carbons (Fsp3) is 0.722. The van der Waals surface area contributed by atoms with E-state index in [1.807, 2.05) is 0 Å². The molecule has 3 nitrogen and oxygen atoms in total. The molecule has 0 radical (unpaired) electrons. The summed E-state index contributed by atoms with van der Waals surface area (Å²) in [6, 6.07) is 4.45. The van der Waals surface area contributed by atoms with Crippen LogP contribution in [-0.2, 0) is 6.54 Å². The average molecular weight is 289 g/mol. The lowest BCUT2D eigenvalue weighted by atomic mass is 9.85. The van der Waals surface area contributed by atoms with Gasteiger partial charge in [0.1, 0.15) is 5.82 Å². The third kappa shape index (κ3) is 4.99. The summed E-state index contributed by atoms with van der Waals surface area (Å²) in [5.74, 6) is 2.03. The summed E-state index contributed by atoms with van der Waals surface area (Å²) >= 11 is 0. The first-order valence-electron chi connectivity index (χ1n) is 8.35. The van der Waals surface area contributed by atoms with E-state index in [9.17, 15) is 0 Å². The Balaban J connectivity index is 2.08. The largest absolute Gasteiger partial charge is 0.357 e. The first kappa shape index (κ1) is 16.3. The number of aryl methyl sites for hydroxylation is 1. The van der Waals surface area contributed by atoms with Crippen LogP contribution in [0.1, 0.15) is 58.2 Å². The summed E-state index contributed by atoms with van der Waals surface area (Å²) < 4.78 is 0. The van der Waals surface area contributed by atoms with E-state index >= 15 is 0 Å². The zero-order chi connectivity index (χ0) is 15.5. The molecule has 0 unspecified atom stereocenters. The van der Waals surface area contributed by atoms with Gasteiger partial charge in [-0.05, 0) is 71.1 Å². The van der Waals surface area contributed by atoms with Crippen LogP contribution in [0.15, 0.2) is 12.1 Å². The molecule has 0 saturated heterocycles. The van der Waals surface area contributed by atoms with Gasteiger partial charge in [-0.2, -0.15) is 0 Å². The van der Waals surface area contributed by atoms with Crippen molar-refractivity contribution in [2.24, 2.45) is 5.92 Å². The summed E-state index contributed by atoms with van der Waals surface area (Å²) in [6.45, 7) is 14.1. The number of hydrogen-bond donors (Lipinski definition) is 1. The van der Waals surface area contributed by atoms with Crippen molar-refractivity contribution in [3.8, 4) is 0 Å². The lowest BCUT2D eigenvalue weighted by Gasteiger charge is -2.33. The molecule has 0 amide bonds. The summed E-state index contributed by atoms with van der Waals surface area (Å²) in [5.41, 5.74) is 2.60. The Morgan fingerprint density at radius 1 is 1.29 bits per heavy atom. The van der Waals surface area contributed by atoms with Gasteiger partial charge in [0.25, 0.3) is 0 Å². The van der Waals surface area contributed by atoms with E-state index in [1.54, 1.807) is 0 Å². The highest BCUT2D eigenvalue weighted by Crippen LogP contribution is 2.28. The van der Waals surface area contributed by atoms with Crippen molar-refractivity contribution in [3.63, 3.8) is 0 Å². The number of hydrogen-bond acceptors (Lipinski definition) is 3. The number of anilines is 1. The predicted molar refractivity (Wildman–Crippen MR) is 90.8 cm³/mol. The molecule has 0 bridgehead atoms. The molecule has 3 heteroatoms. The number of aromatic nitrogens is 1. The minimum atomic E-state index is 0.147. The van der Waals surface area contributed by atoms with Crippen LogP contribution in [0.4, 0.5) is 5.82 Å². The van der Waals surface area contributed by atoms with Crippen molar-refractivity contribution in [1.82, 2.24) is 10.3 Å². The molecule has 0 spiro atoms. The highest BCUT2D eigenvalue weighted by Gasteiger charge is 2.21. The quantitative estimate of drug-likeness (QED) is 0.860. The van der Waals surface area contributed by atoms with Gasteiger partial charge in [-0.25, -0.2) is 4.98 Å². The van der Waals surface area contributed by atoms with E-state index in [1.165, 1.54) is 31.4 Å². The number of rotatable bonds is 6. The summed E-state index contributed by atoms with van der Waals surface area (Å²) in [5, 5.41) is 3.57. The molecule has 0 atom stereocenters. The van der Waals surface area contributed by atoms with E-state index < -0.39 is 0 Å². The van der Waals surface area contributed by atoms with Crippen molar-refractivity contribution < 1.29 is 0 Å². The van der Waals surface area contributed by atoms with Crippen molar-refractivity contribution in [3.05, 3.63) is 23.4 Å². The van der Waals surface area contributed by atoms with Crippen molar-refractivity contribution in [2.45, 2.75) is 66.0 Å². The summed E-state index contributed by atoms with van der Waals surface area (Å²) in [4.78, 5) is 7.20. The molecule has 1 saturated carbocycles. The predicted octanol–water partition coefficient (Wildman–Crippen LogP) is 3.90. The van der Waals surface area contributed by atoms with Crippen LogP contribution in [0.25, 0.3) is 0 Å². The molecule has 2 rings (SSSR count). The zero-order valence-electron chi connectivity index (χ0n) is 14.4. The minimum Gasteiger partial charge on any atom is -0.357 e. The third-order valence-electron chi connectivity index (χ3n) is 4.23. The minimum absolute atomic E-state index is 0.147. The van der Waals surface area contributed by atoms with Crippen molar-refractivity contribution in [1.29, 1.82) is 0 Å². The first-order valence-corrected chi connectivity index (χ1v) is 8.35. The molecule has 0 aliphatic heterocycles. The van der Waals surface area contributed by atoms with Crippen LogP contribution in [0.3, 0.4) is 0 Å². The van der Waals surface area contributed by atoms with E-state index in [0.29, 0.717) is 0 Å². The second-order valence-electron chi connectivity index (χ2n) is 7.41. The molecule has 1 aromatic rings. The molecular weight excluding hydrogens is 258 g/mol. The maximum absolute atomic E-state index is 4.76. The van der Waals surface area contributed by atoms with Gasteiger partial charge in [0.05, 0.1) is 0 Å². The second kappa shape index (κ2) is 6.78. The maximum Gasteiger partial charge on any atom is 0.129 e. The second-order valence-corrected chi connectivity index (χ2v) is 7.41. The Labute approximate surface area is 130 Å². The lowest BCUT2D eigenvalue weighted by Crippen LogP contribution is -2.35. The molecule has 1 aliphatic carbocycles. The lowest BCUT2D eigenvalue weighted by molar-refractivity contribution is 0.318. The Bertz CT molecular complexity index is 458. The van der Waals surface area contributed by atoms with Crippen molar-refractivity contribution >= 4 is 5.82 Å². The molecule has 21 heavy (non-hydrogen) atoms. The van der Waals surface area contributed by atoms with Crippen LogP contribution in [0.2, 0.25) is 0 Å². The number of pyridine rings is 1. The molecule has 1 aromatic heterocycles. The molecular formula is C18H31N3. The van der Waals surface area contributed by atoms with Crippen molar-refractivity contribution in [2.75, 3.05) is 18.0 Å².